The lowest BCUT2D eigenvalue weighted by atomic mass is 10.0. The van der Waals surface area contributed by atoms with E-state index in [0.717, 1.165) is 39.2 Å². The minimum atomic E-state index is -0.0643. The van der Waals surface area contributed by atoms with Crippen LogP contribution in [0, 0.1) is 27.7 Å². The van der Waals surface area contributed by atoms with Gasteiger partial charge < -0.3 is 10.6 Å². The van der Waals surface area contributed by atoms with Gasteiger partial charge in [-0.1, -0.05) is 23.8 Å². The summed E-state index contributed by atoms with van der Waals surface area (Å²) in [5.74, 6) is 0.687. The molecule has 0 bridgehead atoms. The van der Waals surface area contributed by atoms with Crippen LogP contribution in [0.2, 0.25) is 0 Å². The van der Waals surface area contributed by atoms with Crippen LogP contribution in [0.5, 0.6) is 0 Å². The highest BCUT2D eigenvalue weighted by Gasteiger charge is 2.11. The van der Waals surface area contributed by atoms with Crippen molar-refractivity contribution in [3.63, 3.8) is 0 Å². The Bertz CT molecular complexity index is 925. The Hall–Kier alpha value is -2.73. The lowest BCUT2D eigenvalue weighted by molar-refractivity contribution is -0.115. The molecule has 0 radical (unpaired) electrons. The van der Waals surface area contributed by atoms with Crippen LogP contribution in [0.4, 0.5) is 16.6 Å². The smallest absolute Gasteiger partial charge is 0.230 e. The molecule has 3 rings (SSSR count). The first-order valence-corrected chi connectivity index (χ1v) is 9.31. The average molecular weight is 366 g/mol. The lowest BCUT2D eigenvalue weighted by Crippen LogP contribution is -2.16. The van der Waals surface area contributed by atoms with E-state index in [0.29, 0.717) is 0 Å². The van der Waals surface area contributed by atoms with Crippen molar-refractivity contribution in [2.24, 2.45) is 0 Å². The normalized spacial score (nSPS) is 10.6. The second-order valence-electron chi connectivity index (χ2n) is 6.43. The van der Waals surface area contributed by atoms with E-state index in [1.54, 1.807) is 0 Å². The van der Waals surface area contributed by atoms with Crippen LogP contribution in [0.1, 0.15) is 28.1 Å². The minimum Gasteiger partial charge on any atom is -0.325 e. The number of aryl methyl sites for hydroxylation is 4. The van der Waals surface area contributed by atoms with Gasteiger partial charge in [-0.15, -0.1) is 11.3 Å². The maximum absolute atomic E-state index is 12.4. The molecule has 2 heterocycles. The van der Waals surface area contributed by atoms with E-state index in [4.69, 9.17) is 0 Å². The molecule has 0 aliphatic carbocycles. The first kappa shape index (κ1) is 18.1. The van der Waals surface area contributed by atoms with E-state index >= 15 is 0 Å². The van der Waals surface area contributed by atoms with Crippen LogP contribution in [0.15, 0.2) is 35.7 Å². The number of nitrogens with zero attached hydrogens (tertiary/aromatic N) is 2. The van der Waals surface area contributed by atoms with Gasteiger partial charge in [0.05, 0.1) is 12.1 Å². The summed E-state index contributed by atoms with van der Waals surface area (Å²) in [5.41, 5.74) is 5.90. The number of amides is 1. The highest BCUT2D eigenvalue weighted by Crippen LogP contribution is 2.23. The molecule has 0 fully saturated rings. The Kier molecular flexibility index (Phi) is 5.32. The molecular formula is C20H22N4OS. The van der Waals surface area contributed by atoms with Crippen LogP contribution >= 0.6 is 11.3 Å². The van der Waals surface area contributed by atoms with Crippen molar-refractivity contribution in [3.05, 3.63) is 63.8 Å². The molecule has 1 amide bonds. The lowest BCUT2D eigenvalue weighted by Gasteiger charge is -2.12. The van der Waals surface area contributed by atoms with Crippen molar-refractivity contribution in [1.29, 1.82) is 0 Å². The molecular weight excluding hydrogens is 344 g/mol. The highest BCUT2D eigenvalue weighted by molar-refractivity contribution is 7.13. The molecule has 5 nitrogen and oxygen atoms in total. The van der Waals surface area contributed by atoms with Crippen molar-refractivity contribution >= 4 is 33.9 Å². The van der Waals surface area contributed by atoms with Crippen LogP contribution in [0.25, 0.3) is 0 Å². The van der Waals surface area contributed by atoms with Gasteiger partial charge >= 0.3 is 0 Å². The molecule has 0 spiro atoms. The Labute approximate surface area is 157 Å². The SMILES string of the molecule is Cc1cc(C)c(NC(=O)Cc2csc(Nc3cccc(C)n3)n2)c(C)c1. The third kappa shape index (κ3) is 4.46. The molecule has 0 unspecified atom stereocenters. The van der Waals surface area contributed by atoms with Gasteiger partial charge in [-0.05, 0) is 51.0 Å². The van der Waals surface area contributed by atoms with E-state index < -0.39 is 0 Å². The van der Waals surface area contributed by atoms with Gasteiger partial charge in [-0.25, -0.2) is 9.97 Å². The van der Waals surface area contributed by atoms with Crippen LogP contribution in [-0.4, -0.2) is 15.9 Å². The number of carbonyl (C=O) groups excluding carboxylic acids is 1. The van der Waals surface area contributed by atoms with Crippen molar-refractivity contribution in [3.8, 4) is 0 Å². The number of aromatic nitrogens is 2. The molecule has 0 saturated carbocycles. The summed E-state index contributed by atoms with van der Waals surface area (Å²) < 4.78 is 0. The Balaban J connectivity index is 1.65. The zero-order valence-corrected chi connectivity index (χ0v) is 16.2. The van der Waals surface area contributed by atoms with Gasteiger partial charge in [0.15, 0.2) is 5.13 Å². The Morgan fingerprint density at radius 1 is 1.08 bits per heavy atom. The molecule has 3 aromatic rings. The summed E-state index contributed by atoms with van der Waals surface area (Å²) in [6.45, 7) is 8.01. The number of pyridine rings is 1. The minimum absolute atomic E-state index is 0.0643. The highest BCUT2D eigenvalue weighted by atomic mass is 32.1. The van der Waals surface area contributed by atoms with Gasteiger partial charge in [-0.2, -0.15) is 0 Å². The van der Waals surface area contributed by atoms with Crippen LogP contribution < -0.4 is 10.6 Å². The summed E-state index contributed by atoms with van der Waals surface area (Å²) in [4.78, 5) is 21.3. The van der Waals surface area contributed by atoms with Crippen LogP contribution in [-0.2, 0) is 11.2 Å². The topological polar surface area (TPSA) is 66.9 Å². The molecule has 0 aliphatic heterocycles. The number of benzene rings is 1. The molecule has 6 heteroatoms. The van der Waals surface area contributed by atoms with E-state index in [9.17, 15) is 4.79 Å². The van der Waals surface area contributed by atoms with Crippen molar-refractivity contribution in [2.45, 2.75) is 34.1 Å². The second-order valence-corrected chi connectivity index (χ2v) is 7.29. The number of rotatable bonds is 5. The van der Waals surface area contributed by atoms with E-state index in [-0.39, 0.29) is 12.3 Å². The maximum atomic E-state index is 12.4. The fourth-order valence-electron chi connectivity index (χ4n) is 2.89. The number of carbonyl (C=O) groups is 1. The van der Waals surface area contributed by atoms with Crippen LogP contribution in [0.3, 0.4) is 0 Å². The Morgan fingerprint density at radius 3 is 2.50 bits per heavy atom. The number of hydrogen-bond donors (Lipinski definition) is 2. The van der Waals surface area contributed by atoms with Crippen molar-refractivity contribution < 1.29 is 4.79 Å². The maximum Gasteiger partial charge on any atom is 0.230 e. The summed E-state index contributed by atoms with van der Waals surface area (Å²) >= 11 is 1.46. The number of nitrogens with one attached hydrogen (secondary N) is 2. The number of hydrogen-bond acceptors (Lipinski definition) is 5. The number of anilines is 3. The zero-order valence-electron chi connectivity index (χ0n) is 15.4. The molecule has 0 atom stereocenters. The van der Waals surface area contributed by atoms with Crippen molar-refractivity contribution in [2.75, 3.05) is 10.6 Å². The summed E-state index contributed by atoms with van der Waals surface area (Å²) in [6.07, 6.45) is 0.242. The molecule has 2 N–H and O–H groups in total. The second kappa shape index (κ2) is 7.66. The average Bonchev–Trinajstić information content (AvgIpc) is 2.97. The molecule has 0 aliphatic rings. The Morgan fingerprint density at radius 2 is 1.81 bits per heavy atom. The number of thiazole rings is 1. The van der Waals surface area contributed by atoms with Gasteiger partial charge in [0.2, 0.25) is 5.91 Å². The fraction of sp³-hybridized carbons (Fsp3) is 0.250. The first-order chi connectivity index (χ1) is 12.4. The quantitative estimate of drug-likeness (QED) is 0.687. The van der Waals surface area contributed by atoms with Gasteiger partial charge in [-0.3, -0.25) is 4.79 Å². The van der Waals surface area contributed by atoms with E-state index in [1.165, 1.54) is 16.9 Å². The first-order valence-electron chi connectivity index (χ1n) is 8.43. The molecule has 134 valence electrons. The standard InChI is InChI=1S/C20H22N4OS/c1-12-8-13(2)19(14(3)9-12)24-18(25)10-16-11-26-20(22-16)23-17-7-5-6-15(4)21-17/h5-9,11H,10H2,1-4H3,(H,24,25)(H,21,22,23). The van der Waals surface area contributed by atoms with Gasteiger partial charge in [0.1, 0.15) is 5.82 Å². The van der Waals surface area contributed by atoms with E-state index in [2.05, 4.69) is 39.7 Å². The molecule has 2 aromatic heterocycles. The van der Waals surface area contributed by atoms with Gasteiger partial charge in [0, 0.05) is 16.8 Å². The molecule has 1 aromatic carbocycles. The predicted octanol–water partition coefficient (Wildman–Crippen LogP) is 4.70. The summed E-state index contributed by atoms with van der Waals surface area (Å²) in [6, 6.07) is 9.92. The molecule has 0 saturated heterocycles. The predicted molar refractivity (Wildman–Crippen MR) is 107 cm³/mol. The summed E-state index contributed by atoms with van der Waals surface area (Å²) in [7, 11) is 0. The summed E-state index contributed by atoms with van der Waals surface area (Å²) in [5, 5.41) is 8.82. The third-order valence-electron chi connectivity index (χ3n) is 3.96. The monoisotopic (exact) mass is 366 g/mol. The van der Waals surface area contributed by atoms with E-state index in [1.807, 2.05) is 44.4 Å². The molecule has 26 heavy (non-hydrogen) atoms. The third-order valence-corrected chi connectivity index (χ3v) is 4.76. The largest absolute Gasteiger partial charge is 0.325 e. The fourth-order valence-corrected chi connectivity index (χ4v) is 3.61. The van der Waals surface area contributed by atoms with Crippen molar-refractivity contribution in [1.82, 2.24) is 9.97 Å². The van der Waals surface area contributed by atoms with Gasteiger partial charge in [0.25, 0.3) is 0 Å². The zero-order chi connectivity index (χ0) is 18.7.